The van der Waals surface area contributed by atoms with Crippen LogP contribution in [0.4, 0.5) is 0 Å². The molecule has 0 aliphatic heterocycles. The Morgan fingerprint density at radius 2 is 2.20 bits per heavy atom. The number of aryl methyl sites for hydroxylation is 1. The molecule has 0 bridgehead atoms. The minimum absolute atomic E-state index is 0.436. The molecule has 1 unspecified atom stereocenters. The Bertz CT molecular complexity index is 262. The van der Waals surface area contributed by atoms with Gasteiger partial charge < -0.3 is 0 Å². The maximum atomic E-state index is 6.43. The lowest BCUT2D eigenvalue weighted by Gasteiger charge is -2.15. The molecule has 2 heteroatoms. The zero-order valence-corrected chi connectivity index (χ0v) is 10.7. The van der Waals surface area contributed by atoms with Gasteiger partial charge in [-0.25, -0.2) is 0 Å². The highest BCUT2D eigenvalue weighted by atomic mass is 35.5. The Morgan fingerprint density at radius 1 is 1.40 bits per heavy atom. The van der Waals surface area contributed by atoms with Crippen LogP contribution in [0.5, 0.6) is 0 Å². The minimum atomic E-state index is 0.436. The van der Waals surface area contributed by atoms with Gasteiger partial charge in [-0.1, -0.05) is 12.8 Å². The van der Waals surface area contributed by atoms with E-state index in [-0.39, 0.29) is 0 Å². The number of thiophene rings is 1. The van der Waals surface area contributed by atoms with E-state index in [1.165, 1.54) is 50.5 Å². The lowest BCUT2D eigenvalue weighted by atomic mass is 9.98. The molecule has 1 aliphatic rings. The monoisotopic (exact) mass is 242 g/mol. The molecule has 2 rings (SSSR count). The molecule has 0 spiro atoms. The fraction of sp³-hybridized carbons (Fsp3) is 0.692. The third-order valence-electron chi connectivity index (χ3n) is 3.44. The van der Waals surface area contributed by atoms with Crippen LogP contribution in [0, 0.1) is 5.92 Å². The van der Waals surface area contributed by atoms with Gasteiger partial charge >= 0.3 is 0 Å². The van der Waals surface area contributed by atoms with Gasteiger partial charge in [0.15, 0.2) is 0 Å². The highest BCUT2D eigenvalue weighted by Crippen LogP contribution is 2.32. The van der Waals surface area contributed by atoms with E-state index in [2.05, 4.69) is 16.8 Å². The molecule has 0 nitrogen and oxygen atoms in total. The molecule has 0 N–H and O–H groups in total. The second kappa shape index (κ2) is 5.91. The molecular weight excluding hydrogens is 224 g/mol. The van der Waals surface area contributed by atoms with Crippen LogP contribution in [-0.2, 0) is 6.42 Å². The Kier molecular flexibility index (Phi) is 4.52. The number of halogens is 1. The Morgan fingerprint density at radius 3 is 2.87 bits per heavy atom. The van der Waals surface area contributed by atoms with Gasteiger partial charge in [0.1, 0.15) is 0 Å². The third-order valence-corrected chi connectivity index (χ3v) is 4.74. The smallest absolute Gasteiger partial charge is 0.0364 e. The van der Waals surface area contributed by atoms with Crippen molar-refractivity contribution in [3.8, 4) is 0 Å². The summed E-state index contributed by atoms with van der Waals surface area (Å²) in [6.07, 6.45) is 9.19. The number of rotatable bonds is 5. The van der Waals surface area contributed by atoms with Crippen LogP contribution in [0.3, 0.4) is 0 Å². The second-order valence-corrected chi connectivity index (χ2v) is 5.92. The number of hydrogen-bond acceptors (Lipinski definition) is 1. The maximum Gasteiger partial charge on any atom is 0.0364 e. The van der Waals surface area contributed by atoms with E-state index in [1.54, 1.807) is 11.3 Å². The normalized spacial score (nSPS) is 19.5. The van der Waals surface area contributed by atoms with Crippen LogP contribution >= 0.6 is 22.9 Å². The molecule has 1 fully saturated rings. The molecule has 0 saturated heterocycles. The van der Waals surface area contributed by atoms with Gasteiger partial charge in [-0.15, -0.1) is 11.6 Å². The maximum absolute atomic E-state index is 6.43. The summed E-state index contributed by atoms with van der Waals surface area (Å²) in [5.41, 5.74) is 1.48. The molecule has 1 atom stereocenters. The molecule has 84 valence electrons. The highest BCUT2D eigenvalue weighted by Gasteiger charge is 2.22. The first kappa shape index (κ1) is 11.5. The molecule has 0 aromatic carbocycles. The summed E-state index contributed by atoms with van der Waals surface area (Å²) in [5, 5.41) is 4.84. The molecule has 1 aromatic heterocycles. The average Bonchev–Trinajstić information content (AvgIpc) is 2.90. The Labute approximate surface area is 102 Å². The fourth-order valence-corrected chi connectivity index (χ4v) is 3.60. The average molecular weight is 243 g/mol. The predicted molar refractivity (Wildman–Crippen MR) is 68.9 cm³/mol. The lowest BCUT2D eigenvalue weighted by Crippen LogP contribution is -2.11. The van der Waals surface area contributed by atoms with Crippen molar-refractivity contribution in [2.24, 2.45) is 5.92 Å². The Balaban J connectivity index is 1.64. The van der Waals surface area contributed by atoms with E-state index in [9.17, 15) is 0 Å². The summed E-state index contributed by atoms with van der Waals surface area (Å²) in [5.74, 6) is 0.814. The zero-order valence-electron chi connectivity index (χ0n) is 9.12. The summed E-state index contributed by atoms with van der Waals surface area (Å²) < 4.78 is 0. The van der Waals surface area contributed by atoms with Crippen LogP contribution in [0.15, 0.2) is 16.8 Å². The van der Waals surface area contributed by atoms with Crippen LogP contribution in [0.25, 0.3) is 0 Å². The van der Waals surface area contributed by atoms with Gasteiger partial charge in [-0.2, -0.15) is 11.3 Å². The summed E-state index contributed by atoms with van der Waals surface area (Å²) in [7, 11) is 0. The van der Waals surface area contributed by atoms with Gasteiger partial charge in [0, 0.05) is 5.38 Å². The molecule has 15 heavy (non-hydrogen) atoms. The summed E-state index contributed by atoms with van der Waals surface area (Å²) in [6, 6.07) is 2.23. The lowest BCUT2D eigenvalue weighted by molar-refractivity contribution is 0.482. The molecular formula is C13H19ClS. The molecule has 1 aromatic rings. The van der Waals surface area contributed by atoms with Gasteiger partial charge in [-0.05, 0) is 60.4 Å². The van der Waals surface area contributed by atoms with Crippen LogP contribution in [0.1, 0.15) is 44.1 Å². The quantitative estimate of drug-likeness (QED) is 0.647. The van der Waals surface area contributed by atoms with Gasteiger partial charge in [0.2, 0.25) is 0 Å². The van der Waals surface area contributed by atoms with E-state index >= 15 is 0 Å². The largest absolute Gasteiger partial charge is 0.152 e. The SMILES string of the molecule is ClC(CCCc1ccsc1)C1CCCC1. The third kappa shape index (κ3) is 3.49. The van der Waals surface area contributed by atoms with Crippen molar-refractivity contribution in [2.45, 2.75) is 50.3 Å². The summed E-state index contributed by atoms with van der Waals surface area (Å²) in [6.45, 7) is 0. The first-order chi connectivity index (χ1) is 7.36. The second-order valence-electron chi connectivity index (χ2n) is 4.58. The van der Waals surface area contributed by atoms with Crippen molar-refractivity contribution in [3.05, 3.63) is 22.4 Å². The van der Waals surface area contributed by atoms with Crippen molar-refractivity contribution in [2.75, 3.05) is 0 Å². The standard InChI is InChI=1S/C13H19ClS/c14-13(12-5-1-2-6-12)7-3-4-11-8-9-15-10-11/h8-10,12-13H,1-7H2. The topological polar surface area (TPSA) is 0 Å². The van der Waals surface area contributed by atoms with E-state index in [4.69, 9.17) is 11.6 Å². The molecule has 1 aliphatic carbocycles. The zero-order chi connectivity index (χ0) is 10.5. The van der Waals surface area contributed by atoms with E-state index in [0.717, 1.165) is 5.92 Å². The molecule has 1 saturated carbocycles. The van der Waals surface area contributed by atoms with Crippen molar-refractivity contribution < 1.29 is 0 Å². The first-order valence-corrected chi connectivity index (χ1v) is 7.39. The number of alkyl halides is 1. The molecule has 0 amide bonds. The molecule has 1 heterocycles. The predicted octanol–water partition coefficient (Wildman–Crippen LogP) is 4.87. The Hall–Kier alpha value is -0.0100. The van der Waals surface area contributed by atoms with Gasteiger partial charge in [0.25, 0.3) is 0 Å². The van der Waals surface area contributed by atoms with Crippen molar-refractivity contribution >= 4 is 22.9 Å². The van der Waals surface area contributed by atoms with Crippen molar-refractivity contribution in [1.29, 1.82) is 0 Å². The molecule has 0 radical (unpaired) electrons. The van der Waals surface area contributed by atoms with E-state index in [0.29, 0.717) is 5.38 Å². The summed E-state index contributed by atoms with van der Waals surface area (Å²) >= 11 is 8.22. The minimum Gasteiger partial charge on any atom is -0.152 e. The first-order valence-electron chi connectivity index (χ1n) is 6.01. The van der Waals surface area contributed by atoms with E-state index in [1.807, 2.05) is 0 Å². The van der Waals surface area contributed by atoms with Crippen LogP contribution in [0.2, 0.25) is 0 Å². The van der Waals surface area contributed by atoms with Crippen LogP contribution < -0.4 is 0 Å². The van der Waals surface area contributed by atoms with Crippen molar-refractivity contribution in [3.63, 3.8) is 0 Å². The number of hydrogen-bond donors (Lipinski definition) is 0. The highest BCUT2D eigenvalue weighted by molar-refractivity contribution is 7.07. The fourth-order valence-electron chi connectivity index (χ4n) is 2.49. The van der Waals surface area contributed by atoms with Crippen molar-refractivity contribution in [1.82, 2.24) is 0 Å². The van der Waals surface area contributed by atoms with Gasteiger partial charge in [-0.3, -0.25) is 0 Å². The van der Waals surface area contributed by atoms with E-state index < -0.39 is 0 Å². The summed E-state index contributed by atoms with van der Waals surface area (Å²) in [4.78, 5) is 0. The van der Waals surface area contributed by atoms with Gasteiger partial charge in [0.05, 0.1) is 0 Å². The van der Waals surface area contributed by atoms with Crippen LogP contribution in [-0.4, -0.2) is 5.38 Å².